The fourth-order valence-corrected chi connectivity index (χ4v) is 2.17. The monoisotopic (exact) mass is 327 g/mol. The van der Waals surface area contributed by atoms with Gasteiger partial charge in [-0.1, -0.05) is 0 Å². The van der Waals surface area contributed by atoms with Crippen LogP contribution in [0, 0.1) is 0 Å². The topological polar surface area (TPSA) is 86.6 Å². The van der Waals surface area contributed by atoms with E-state index in [0.717, 1.165) is 0 Å². The van der Waals surface area contributed by atoms with Gasteiger partial charge in [-0.2, -0.15) is 0 Å². The third-order valence-corrected chi connectivity index (χ3v) is 4.10. The van der Waals surface area contributed by atoms with E-state index in [4.69, 9.17) is 31.4 Å². The fraction of sp³-hybridized carbons (Fsp3) is 0.125. The van der Waals surface area contributed by atoms with Gasteiger partial charge in [0.25, 0.3) is 0 Å². The van der Waals surface area contributed by atoms with Gasteiger partial charge in [-0.15, -0.1) is 0 Å². The van der Waals surface area contributed by atoms with Gasteiger partial charge in [0.05, 0.1) is 0 Å². The summed E-state index contributed by atoms with van der Waals surface area (Å²) in [6.07, 6.45) is 0. The van der Waals surface area contributed by atoms with Crippen LogP contribution in [0.3, 0.4) is 0 Å². The summed E-state index contributed by atoms with van der Waals surface area (Å²) in [5, 5.41) is 2.37. The standard InChI is InChI=1S/C8H8AsCl2NO4/c10-7(11)8(13)12-6-3-1-5(2-4-6)9(14,15)16/h1-4,7H,(H,12,13)(H2,14,15,16). The van der Waals surface area contributed by atoms with Gasteiger partial charge in [-0.25, -0.2) is 0 Å². The number of carbonyl (C=O) groups excluding carboxylic acids is 1. The molecular formula is C8H8AsCl2NO4. The molecule has 5 nitrogen and oxygen atoms in total. The van der Waals surface area contributed by atoms with Crippen molar-refractivity contribution in [2.24, 2.45) is 0 Å². The first kappa shape index (κ1) is 13.6. The molecule has 1 rings (SSSR count). The van der Waals surface area contributed by atoms with E-state index in [1.54, 1.807) is 0 Å². The van der Waals surface area contributed by atoms with Crippen LogP contribution in [0.5, 0.6) is 0 Å². The van der Waals surface area contributed by atoms with Crippen LogP contribution in [0.15, 0.2) is 24.3 Å². The van der Waals surface area contributed by atoms with E-state index < -0.39 is 24.9 Å². The predicted octanol–water partition coefficient (Wildman–Crippen LogP) is -0.0102. The van der Waals surface area contributed by atoms with Crippen LogP contribution in [0.25, 0.3) is 0 Å². The zero-order chi connectivity index (χ0) is 12.3. The number of halogens is 2. The van der Waals surface area contributed by atoms with Crippen LogP contribution in [-0.2, 0) is 8.53 Å². The molecule has 0 aliphatic rings. The number of benzene rings is 1. The number of nitrogens with one attached hydrogen (secondary N) is 1. The summed E-state index contributed by atoms with van der Waals surface area (Å²) in [7, 11) is 0. The summed E-state index contributed by atoms with van der Waals surface area (Å²) >= 11 is 5.77. The SMILES string of the molecule is O=C(Nc1ccc([As](=O)(O)O)cc1)C(Cl)Cl. The van der Waals surface area contributed by atoms with Crippen LogP contribution in [0.2, 0.25) is 0 Å². The number of alkyl halides is 2. The number of anilines is 1. The Hall–Kier alpha value is -0.452. The maximum absolute atomic E-state index is 11.1. The minimum absolute atomic E-state index is 0.0654. The molecule has 0 unspecified atom stereocenters. The Balaban J connectivity index is 2.80. The van der Waals surface area contributed by atoms with E-state index in [2.05, 4.69) is 5.32 Å². The van der Waals surface area contributed by atoms with Crippen LogP contribution in [0.1, 0.15) is 0 Å². The summed E-state index contributed by atoms with van der Waals surface area (Å²) in [6.45, 7) is 0. The molecule has 0 heterocycles. The summed E-state index contributed by atoms with van der Waals surface area (Å²) < 4.78 is 28.6. The van der Waals surface area contributed by atoms with Crippen LogP contribution < -0.4 is 9.67 Å². The number of hydrogen-bond donors (Lipinski definition) is 3. The Morgan fingerprint density at radius 1 is 1.25 bits per heavy atom. The molecular weight excluding hydrogens is 320 g/mol. The van der Waals surface area contributed by atoms with Gasteiger partial charge < -0.3 is 0 Å². The second-order valence-electron chi connectivity index (χ2n) is 2.88. The second-order valence-corrected chi connectivity index (χ2v) is 7.34. The first-order valence-corrected chi connectivity index (χ1v) is 8.31. The number of rotatable bonds is 3. The molecule has 0 saturated carbocycles. The van der Waals surface area contributed by atoms with E-state index in [9.17, 15) is 8.53 Å². The summed E-state index contributed by atoms with van der Waals surface area (Å²) in [5.74, 6) is -0.599. The third-order valence-electron chi connectivity index (χ3n) is 1.67. The van der Waals surface area contributed by atoms with Crippen LogP contribution in [-0.4, -0.2) is 33.1 Å². The van der Waals surface area contributed by atoms with Crippen molar-refractivity contribution in [2.75, 3.05) is 5.32 Å². The molecule has 0 atom stereocenters. The Bertz CT molecular complexity index is 428. The normalized spacial score (nSPS) is 11.6. The fourth-order valence-electron chi connectivity index (χ4n) is 0.936. The molecule has 0 saturated heterocycles. The first-order chi connectivity index (χ1) is 7.30. The van der Waals surface area contributed by atoms with Crippen molar-refractivity contribution in [1.29, 1.82) is 0 Å². The number of hydrogen-bond acceptors (Lipinski definition) is 2. The van der Waals surface area contributed by atoms with E-state index in [-0.39, 0.29) is 4.35 Å². The predicted molar refractivity (Wildman–Crippen MR) is 61.1 cm³/mol. The van der Waals surface area contributed by atoms with Gasteiger partial charge >= 0.3 is 104 Å². The van der Waals surface area contributed by atoms with Crippen molar-refractivity contribution in [3.63, 3.8) is 0 Å². The van der Waals surface area contributed by atoms with Crippen molar-refractivity contribution in [1.82, 2.24) is 0 Å². The van der Waals surface area contributed by atoms with Crippen LogP contribution in [0.4, 0.5) is 5.69 Å². The number of amides is 1. The average molecular weight is 328 g/mol. The summed E-state index contributed by atoms with van der Waals surface area (Å²) in [6, 6.07) is 5.22. The van der Waals surface area contributed by atoms with Gasteiger partial charge in [0.2, 0.25) is 0 Å². The molecule has 16 heavy (non-hydrogen) atoms. The Morgan fingerprint density at radius 2 is 1.75 bits per heavy atom. The van der Waals surface area contributed by atoms with Gasteiger partial charge in [0, 0.05) is 0 Å². The van der Waals surface area contributed by atoms with Gasteiger partial charge in [-0.3, -0.25) is 0 Å². The molecule has 0 fully saturated rings. The first-order valence-electron chi connectivity index (χ1n) is 4.06. The second kappa shape index (κ2) is 5.25. The Labute approximate surface area is 104 Å². The van der Waals surface area contributed by atoms with Gasteiger partial charge in [0.15, 0.2) is 0 Å². The molecule has 8 heteroatoms. The van der Waals surface area contributed by atoms with Crippen molar-refractivity contribution in [3.05, 3.63) is 24.3 Å². The molecule has 0 aliphatic heterocycles. The van der Waals surface area contributed by atoms with Crippen molar-refractivity contribution < 1.29 is 16.7 Å². The molecule has 1 amide bonds. The Kier molecular flexibility index (Phi) is 4.47. The quantitative estimate of drug-likeness (QED) is 0.538. The van der Waals surface area contributed by atoms with E-state index in [1.807, 2.05) is 0 Å². The van der Waals surface area contributed by atoms with Gasteiger partial charge in [-0.05, 0) is 0 Å². The molecule has 0 aromatic heterocycles. The average Bonchev–Trinajstić information content (AvgIpc) is 2.17. The minimum atomic E-state index is -4.86. The summed E-state index contributed by atoms with van der Waals surface area (Å²) in [4.78, 5) is 9.88. The Morgan fingerprint density at radius 3 is 2.12 bits per heavy atom. The maximum atomic E-state index is 11.1. The van der Waals surface area contributed by atoms with Crippen LogP contribution >= 0.6 is 23.2 Å². The zero-order valence-corrected chi connectivity index (χ0v) is 11.2. The number of carbonyl (C=O) groups is 1. The third kappa shape index (κ3) is 3.85. The van der Waals surface area contributed by atoms with E-state index in [0.29, 0.717) is 5.69 Å². The van der Waals surface area contributed by atoms with Gasteiger partial charge in [0.1, 0.15) is 0 Å². The molecule has 0 radical (unpaired) electrons. The summed E-state index contributed by atoms with van der Waals surface area (Å²) in [5.41, 5.74) is 0.365. The van der Waals surface area contributed by atoms with E-state index >= 15 is 0 Å². The molecule has 0 bridgehead atoms. The molecule has 3 N–H and O–H groups in total. The zero-order valence-electron chi connectivity index (χ0n) is 7.80. The molecule has 0 spiro atoms. The van der Waals surface area contributed by atoms with Crippen molar-refractivity contribution in [2.45, 2.75) is 4.84 Å². The van der Waals surface area contributed by atoms with E-state index in [1.165, 1.54) is 24.3 Å². The molecule has 0 aliphatic carbocycles. The molecule has 1 aromatic rings. The molecule has 1 aromatic carbocycles. The van der Waals surface area contributed by atoms with Crippen molar-refractivity contribution in [3.8, 4) is 0 Å². The van der Waals surface area contributed by atoms with Crippen molar-refractivity contribution >= 4 is 53.3 Å². The molecule has 88 valence electrons.